The molecule has 2 amide bonds. The van der Waals surface area contributed by atoms with Crippen LogP contribution in [0.4, 0.5) is 0 Å². The lowest BCUT2D eigenvalue weighted by atomic mass is 10.1. The highest BCUT2D eigenvalue weighted by Crippen LogP contribution is 2.14. The molecule has 0 spiro atoms. The Bertz CT molecular complexity index is 608. The fourth-order valence-electron chi connectivity index (χ4n) is 3.40. The highest BCUT2D eigenvalue weighted by atomic mass is 16.2. The molecule has 2 saturated heterocycles. The molecule has 2 heterocycles. The average molecular weight is 344 g/mol. The Morgan fingerprint density at radius 1 is 1.12 bits per heavy atom. The third kappa shape index (κ3) is 4.38. The van der Waals surface area contributed by atoms with Crippen LogP contribution in [0.1, 0.15) is 29.3 Å². The molecule has 6 nitrogen and oxygen atoms in total. The average Bonchev–Trinajstić information content (AvgIpc) is 2.79. The molecule has 1 N–H and O–H groups in total. The molecule has 2 aliphatic heterocycles. The highest BCUT2D eigenvalue weighted by Gasteiger charge is 2.28. The number of carbonyl (C=O) groups excluding carboxylic acids is 2. The van der Waals surface area contributed by atoms with Crippen molar-refractivity contribution in [1.82, 2.24) is 20.0 Å². The van der Waals surface area contributed by atoms with Crippen molar-refractivity contribution < 1.29 is 9.59 Å². The predicted octanol–water partition coefficient (Wildman–Crippen LogP) is 0.785. The van der Waals surface area contributed by atoms with Crippen LogP contribution in [0.25, 0.3) is 0 Å². The van der Waals surface area contributed by atoms with E-state index in [-0.39, 0.29) is 11.8 Å². The topological polar surface area (TPSA) is 55.9 Å². The first-order chi connectivity index (χ1) is 12.0. The Morgan fingerprint density at radius 2 is 1.80 bits per heavy atom. The molecule has 1 atom stereocenters. The minimum atomic E-state index is -0.417. The first kappa shape index (κ1) is 17.9. The molecule has 1 aromatic rings. The van der Waals surface area contributed by atoms with Crippen LogP contribution in [-0.2, 0) is 11.3 Å². The summed E-state index contributed by atoms with van der Waals surface area (Å²) in [6.45, 7) is 8.33. The number of nitrogens with one attached hydrogen (secondary N) is 1. The maximum Gasteiger partial charge on any atom is 0.254 e. The van der Waals surface area contributed by atoms with Gasteiger partial charge in [0.2, 0.25) is 5.91 Å². The summed E-state index contributed by atoms with van der Waals surface area (Å²) >= 11 is 0. The molecule has 0 saturated carbocycles. The standard InChI is InChI=1S/C19H28N4O2/c1-15-18(24)20-8-3-9-23(15)19(25)17-6-4-16(5-7-17)14-22-12-10-21(2)11-13-22/h4-7,15H,3,8-14H2,1-2H3,(H,20,24)/t15-/m0/s1. The molecular weight excluding hydrogens is 316 g/mol. The van der Waals surface area contributed by atoms with Crippen molar-refractivity contribution >= 4 is 11.8 Å². The van der Waals surface area contributed by atoms with E-state index in [2.05, 4.69) is 22.2 Å². The lowest BCUT2D eigenvalue weighted by Gasteiger charge is -2.32. The zero-order valence-electron chi connectivity index (χ0n) is 15.2. The summed E-state index contributed by atoms with van der Waals surface area (Å²) in [5, 5.41) is 2.85. The van der Waals surface area contributed by atoms with Crippen LogP contribution in [-0.4, -0.2) is 78.9 Å². The number of benzene rings is 1. The second-order valence-electron chi connectivity index (χ2n) is 7.10. The fourth-order valence-corrected chi connectivity index (χ4v) is 3.40. The van der Waals surface area contributed by atoms with Gasteiger partial charge in [-0.25, -0.2) is 0 Å². The molecule has 3 rings (SSSR count). The van der Waals surface area contributed by atoms with Gasteiger partial charge >= 0.3 is 0 Å². The number of amides is 2. The van der Waals surface area contributed by atoms with Gasteiger partial charge in [-0.05, 0) is 38.1 Å². The van der Waals surface area contributed by atoms with E-state index in [1.807, 2.05) is 24.3 Å². The number of carbonyl (C=O) groups is 2. The zero-order chi connectivity index (χ0) is 17.8. The summed E-state index contributed by atoms with van der Waals surface area (Å²) in [7, 11) is 2.15. The van der Waals surface area contributed by atoms with E-state index in [9.17, 15) is 9.59 Å². The SMILES string of the molecule is C[C@H]1C(=O)NCCCN1C(=O)c1ccc(CN2CCN(C)CC2)cc1. The van der Waals surface area contributed by atoms with Crippen molar-refractivity contribution in [2.75, 3.05) is 46.3 Å². The van der Waals surface area contributed by atoms with Gasteiger partial charge < -0.3 is 15.1 Å². The molecule has 6 heteroatoms. The summed E-state index contributed by atoms with van der Waals surface area (Å²) in [6, 6.07) is 7.44. The van der Waals surface area contributed by atoms with E-state index in [0.29, 0.717) is 18.7 Å². The molecule has 25 heavy (non-hydrogen) atoms. The van der Waals surface area contributed by atoms with Gasteiger partial charge in [0.05, 0.1) is 0 Å². The predicted molar refractivity (Wildman–Crippen MR) is 97.3 cm³/mol. The molecule has 0 bridgehead atoms. The van der Waals surface area contributed by atoms with E-state index >= 15 is 0 Å². The molecule has 136 valence electrons. The lowest BCUT2D eigenvalue weighted by molar-refractivity contribution is -0.124. The Morgan fingerprint density at radius 3 is 2.48 bits per heavy atom. The first-order valence-corrected chi connectivity index (χ1v) is 9.13. The van der Waals surface area contributed by atoms with Crippen molar-refractivity contribution in [2.24, 2.45) is 0 Å². The summed E-state index contributed by atoms with van der Waals surface area (Å²) in [6.07, 6.45) is 0.795. The van der Waals surface area contributed by atoms with E-state index in [1.165, 1.54) is 5.56 Å². The van der Waals surface area contributed by atoms with Gasteiger partial charge in [-0.15, -0.1) is 0 Å². The van der Waals surface area contributed by atoms with Gasteiger partial charge in [0.15, 0.2) is 0 Å². The Kier molecular flexibility index (Phi) is 5.71. The molecule has 2 fully saturated rings. The van der Waals surface area contributed by atoms with E-state index in [0.717, 1.165) is 39.1 Å². The Balaban J connectivity index is 1.63. The number of piperazine rings is 1. The van der Waals surface area contributed by atoms with Crippen LogP contribution in [0.3, 0.4) is 0 Å². The third-order valence-electron chi connectivity index (χ3n) is 5.19. The Hall–Kier alpha value is -1.92. The van der Waals surface area contributed by atoms with Gasteiger partial charge in [0.25, 0.3) is 5.91 Å². The van der Waals surface area contributed by atoms with Crippen LogP contribution in [0.5, 0.6) is 0 Å². The van der Waals surface area contributed by atoms with E-state index < -0.39 is 6.04 Å². The van der Waals surface area contributed by atoms with Gasteiger partial charge in [0, 0.05) is 51.4 Å². The molecule has 0 radical (unpaired) electrons. The van der Waals surface area contributed by atoms with Crippen molar-refractivity contribution in [1.29, 1.82) is 0 Å². The maximum atomic E-state index is 12.8. The van der Waals surface area contributed by atoms with Crippen molar-refractivity contribution in [3.63, 3.8) is 0 Å². The highest BCUT2D eigenvalue weighted by molar-refractivity contribution is 5.97. The summed E-state index contributed by atoms with van der Waals surface area (Å²) < 4.78 is 0. The molecular formula is C19H28N4O2. The largest absolute Gasteiger partial charge is 0.354 e. The van der Waals surface area contributed by atoms with E-state index in [4.69, 9.17) is 0 Å². The fraction of sp³-hybridized carbons (Fsp3) is 0.579. The second kappa shape index (κ2) is 7.97. The van der Waals surface area contributed by atoms with Crippen LogP contribution in [0, 0.1) is 0 Å². The van der Waals surface area contributed by atoms with E-state index in [1.54, 1.807) is 11.8 Å². The molecule has 2 aliphatic rings. The van der Waals surface area contributed by atoms with Crippen LogP contribution >= 0.6 is 0 Å². The minimum Gasteiger partial charge on any atom is -0.354 e. The van der Waals surface area contributed by atoms with Crippen molar-refractivity contribution in [3.05, 3.63) is 35.4 Å². The summed E-state index contributed by atoms with van der Waals surface area (Å²) in [4.78, 5) is 31.2. The van der Waals surface area contributed by atoms with Gasteiger partial charge in [-0.1, -0.05) is 12.1 Å². The summed E-state index contributed by atoms with van der Waals surface area (Å²) in [5.41, 5.74) is 1.88. The number of hydrogen-bond donors (Lipinski definition) is 1. The number of likely N-dealkylation sites (N-methyl/N-ethyl adjacent to an activating group) is 1. The number of hydrogen-bond acceptors (Lipinski definition) is 4. The number of rotatable bonds is 3. The minimum absolute atomic E-state index is 0.0595. The zero-order valence-corrected chi connectivity index (χ0v) is 15.2. The van der Waals surface area contributed by atoms with Gasteiger partial charge in [0.1, 0.15) is 6.04 Å². The van der Waals surface area contributed by atoms with Crippen molar-refractivity contribution in [2.45, 2.75) is 25.9 Å². The molecule has 0 aliphatic carbocycles. The van der Waals surface area contributed by atoms with Crippen molar-refractivity contribution in [3.8, 4) is 0 Å². The molecule has 1 aromatic carbocycles. The first-order valence-electron chi connectivity index (χ1n) is 9.13. The third-order valence-corrected chi connectivity index (χ3v) is 5.19. The smallest absolute Gasteiger partial charge is 0.254 e. The van der Waals surface area contributed by atoms with Gasteiger partial charge in [-0.3, -0.25) is 14.5 Å². The van der Waals surface area contributed by atoms with Crippen LogP contribution in [0.15, 0.2) is 24.3 Å². The lowest BCUT2D eigenvalue weighted by Crippen LogP contribution is -2.45. The van der Waals surface area contributed by atoms with Gasteiger partial charge in [-0.2, -0.15) is 0 Å². The van der Waals surface area contributed by atoms with Crippen LogP contribution < -0.4 is 5.32 Å². The second-order valence-corrected chi connectivity index (χ2v) is 7.10. The quantitative estimate of drug-likeness (QED) is 0.881. The normalized spacial score (nSPS) is 23.2. The summed E-state index contributed by atoms with van der Waals surface area (Å²) in [5.74, 6) is -0.131. The number of nitrogens with zero attached hydrogens (tertiary/aromatic N) is 3. The maximum absolute atomic E-state index is 12.8. The van der Waals surface area contributed by atoms with Crippen LogP contribution in [0.2, 0.25) is 0 Å². The monoisotopic (exact) mass is 344 g/mol. The molecule has 0 unspecified atom stereocenters. The molecule has 0 aromatic heterocycles. The Labute approximate surface area is 149 Å².